The maximum Gasteiger partial charge on any atom is 0.258 e. The van der Waals surface area contributed by atoms with Gasteiger partial charge in [-0.3, -0.25) is 4.79 Å². The molecule has 0 bridgehead atoms. The van der Waals surface area contributed by atoms with E-state index in [0.29, 0.717) is 26.8 Å². The van der Waals surface area contributed by atoms with E-state index in [1.165, 1.54) is 11.8 Å². The van der Waals surface area contributed by atoms with Crippen LogP contribution >= 0.6 is 35.0 Å². The van der Waals surface area contributed by atoms with Crippen LogP contribution in [0.2, 0.25) is 10.0 Å². The average Bonchev–Trinajstić information content (AvgIpc) is 2.51. The van der Waals surface area contributed by atoms with Crippen molar-refractivity contribution in [3.8, 4) is 0 Å². The van der Waals surface area contributed by atoms with Crippen molar-refractivity contribution in [2.24, 2.45) is 0 Å². The highest BCUT2D eigenvalue weighted by atomic mass is 35.5. The Morgan fingerprint density at radius 1 is 1.09 bits per heavy atom. The molecule has 3 nitrogen and oxygen atoms in total. The third kappa shape index (κ3) is 3.00. The molecule has 0 radical (unpaired) electrons. The highest BCUT2D eigenvalue weighted by Crippen LogP contribution is 2.41. The van der Waals surface area contributed by atoms with Crippen LogP contribution in [-0.4, -0.2) is 9.97 Å². The van der Waals surface area contributed by atoms with E-state index in [1.807, 2.05) is 25.1 Å². The number of fused-ring (bicyclic) bond motifs is 1. The van der Waals surface area contributed by atoms with Gasteiger partial charge in [0.1, 0.15) is 5.82 Å². The van der Waals surface area contributed by atoms with Crippen molar-refractivity contribution < 1.29 is 0 Å². The second-order valence-corrected chi connectivity index (χ2v) is 6.94. The third-order valence-electron chi connectivity index (χ3n) is 3.23. The Kier molecular flexibility index (Phi) is 4.43. The summed E-state index contributed by atoms with van der Waals surface area (Å²) in [6, 6.07) is 12.6. The fourth-order valence-electron chi connectivity index (χ4n) is 2.12. The molecule has 0 amide bonds. The molecule has 0 aliphatic carbocycles. The Hall–Kier alpha value is -1.49. The molecule has 0 saturated heterocycles. The summed E-state index contributed by atoms with van der Waals surface area (Å²) in [5.41, 5.74) is 0.539. The molecule has 0 aliphatic rings. The van der Waals surface area contributed by atoms with Gasteiger partial charge in [0.15, 0.2) is 0 Å². The van der Waals surface area contributed by atoms with Crippen molar-refractivity contribution >= 4 is 45.9 Å². The van der Waals surface area contributed by atoms with Crippen molar-refractivity contribution in [2.75, 3.05) is 0 Å². The fraction of sp³-hybridized carbons (Fsp3) is 0.125. The van der Waals surface area contributed by atoms with Crippen molar-refractivity contribution in [3.05, 3.63) is 68.7 Å². The van der Waals surface area contributed by atoms with E-state index >= 15 is 0 Å². The number of nitrogens with one attached hydrogen (secondary N) is 1. The van der Waals surface area contributed by atoms with Crippen molar-refractivity contribution in [1.82, 2.24) is 9.97 Å². The first-order valence-corrected chi connectivity index (χ1v) is 8.29. The minimum atomic E-state index is -0.140. The molecule has 1 atom stereocenters. The lowest BCUT2D eigenvalue weighted by Gasteiger charge is -2.13. The van der Waals surface area contributed by atoms with E-state index in [0.717, 1.165) is 4.90 Å². The Morgan fingerprint density at radius 2 is 1.77 bits per heavy atom. The smallest absolute Gasteiger partial charge is 0.258 e. The molecule has 22 heavy (non-hydrogen) atoms. The molecule has 3 aromatic rings. The van der Waals surface area contributed by atoms with Gasteiger partial charge in [-0.1, -0.05) is 41.4 Å². The Bertz CT molecular complexity index is 874. The summed E-state index contributed by atoms with van der Waals surface area (Å²) in [5.74, 6) is 0.602. The van der Waals surface area contributed by atoms with Gasteiger partial charge < -0.3 is 4.98 Å². The van der Waals surface area contributed by atoms with E-state index in [2.05, 4.69) is 9.97 Å². The number of benzene rings is 2. The van der Waals surface area contributed by atoms with Crippen molar-refractivity contribution in [1.29, 1.82) is 0 Å². The first kappa shape index (κ1) is 15.4. The summed E-state index contributed by atoms with van der Waals surface area (Å²) in [5, 5.41) is 1.67. The molecular weight excluding hydrogens is 339 g/mol. The summed E-state index contributed by atoms with van der Waals surface area (Å²) in [4.78, 5) is 20.3. The number of aromatic nitrogens is 2. The predicted molar refractivity (Wildman–Crippen MR) is 93.1 cm³/mol. The van der Waals surface area contributed by atoms with Crippen LogP contribution in [0, 0.1) is 0 Å². The van der Waals surface area contributed by atoms with Crippen LogP contribution in [0.25, 0.3) is 10.9 Å². The molecule has 1 aromatic heterocycles. The van der Waals surface area contributed by atoms with Gasteiger partial charge in [0, 0.05) is 4.90 Å². The molecule has 6 heteroatoms. The van der Waals surface area contributed by atoms with Crippen LogP contribution in [0.4, 0.5) is 0 Å². The second-order valence-electron chi connectivity index (χ2n) is 4.78. The van der Waals surface area contributed by atoms with E-state index in [4.69, 9.17) is 23.2 Å². The Morgan fingerprint density at radius 3 is 2.50 bits per heavy atom. The van der Waals surface area contributed by atoms with E-state index in [-0.39, 0.29) is 10.8 Å². The lowest BCUT2D eigenvalue weighted by molar-refractivity contribution is 0.923. The number of hydrogen-bond acceptors (Lipinski definition) is 3. The summed E-state index contributed by atoms with van der Waals surface area (Å²) < 4.78 is 0. The third-order valence-corrected chi connectivity index (χ3v) is 5.34. The van der Waals surface area contributed by atoms with Gasteiger partial charge in [-0.2, -0.15) is 0 Å². The van der Waals surface area contributed by atoms with E-state index in [1.54, 1.807) is 24.3 Å². The molecule has 1 heterocycles. The topological polar surface area (TPSA) is 45.8 Å². The normalized spacial score (nSPS) is 12.5. The largest absolute Gasteiger partial charge is 0.309 e. The van der Waals surface area contributed by atoms with Gasteiger partial charge in [-0.15, -0.1) is 11.8 Å². The summed E-state index contributed by atoms with van der Waals surface area (Å²) in [7, 11) is 0. The van der Waals surface area contributed by atoms with Gasteiger partial charge in [0.05, 0.1) is 26.2 Å². The highest BCUT2D eigenvalue weighted by molar-refractivity contribution is 7.99. The molecule has 1 N–H and O–H groups in total. The van der Waals surface area contributed by atoms with Crippen molar-refractivity contribution in [3.63, 3.8) is 0 Å². The number of halogens is 2. The Balaban J connectivity index is 1.99. The van der Waals surface area contributed by atoms with Crippen LogP contribution in [0.15, 0.2) is 52.2 Å². The first-order valence-electron chi connectivity index (χ1n) is 6.66. The molecule has 0 aliphatic heterocycles. The minimum Gasteiger partial charge on any atom is -0.309 e. The van der Waals surface area contributed by atoms with E-state index < -0.39 is 0 Å². The lowest BCUT2D eigenvalue weighted by atomic mass is 10.2. The number of hydrogen-bond donors (Lipinski definition) is 1. The molecule has 0 unspecified atom stereocenters. The Labute approximate surface area is 141 Å². The zero-order valence-corrected chi connectivity index (χ0v) is 14.0. The zero-order valence-electron chi connectivity index (χ0n) is 11.6. The van der Waals surface area contributed by atoms with Crippen LogP contribution in [0.3, 0.4) is 0 Å². The number of para-hydroxylation sites is 1. The van der Waals surface area contributed by atoms with E-state index in [9.17, 15) is 4.79 Å². The molecular formula is C16H12Cl2N2OS. The lowest BCUT2D eigenvalue weighted by Crippen LogP contribution is -2.12. The average molecular weight is 351 g/mol. The van der Waals surface area contributed by atoms with Gasteiger partial charge in [-0.05, 0) is 31.2 Å². The predicted octanol–water partition coefficient (Wildman–Crippen LogP) is 5.08. The summed E-state index contributed by atoms with van der Waals surface area (Å²) >= 11 is 13.9. The molecule has 112 valence electrons. The van der Waals surface area contributed by atoms with Crippen LogP contribution in [0.5, 0.6) is 0 Å². The first-order chi connectivity index (χ1) is 10.6. The summed E-state index contributed by atoms with van der Waals surface area (Å²) in [6.07, 6.45) is 0. The number of rotatable bonds is 3. The maximum absolute atomic E-state index is 12.1. The molecule has 2 aromatic carbocycles. The molecule has 3 rings (SSSR count). The van der Waals surface area contributed by atoms with Crippen LogP contribution < -0.4 is 5.56 Å². The maximum atomic E-state index is 12.1. The SMILES string of the molecule is C[C@@H](Sc1c(Cl)cccc1Cl)c1nc2ccccc2c(=O)[nH]1. The number of H-pyrrole nitrogens is 1. The minimum absolute atomic E-state index is 0.0882. The highest BCUT2D eigenvalue weighted by Gasteiger charge is 2.15. The number of thioether (sulfide) groups is 1. The molecule has 0 saturated carbocycles. The van der Waals surface area contributed by atoms with Crippen molar-refractivity contribution in [2.45, 2.75) is 17.1 Å². The van der Waals surface area contributed by atoms with Gasteiger partial charge >= 0.3 is 0 Å². The van der Waals surface area contributed by atoms with Gasteiger partial charge in [0.2, 0.25) is 0 Å². The van der Waals surface area contributed by atoms with Crippen LogP contribution in [-0.2, 0) is 0 Å². The second kappa shape index (κ2) is 6.32. The molecule has 0 spiro atoms. The monoisotopic (exact) mass is 350 g/mol. The fourth-order valence-corrected chi connectivity index (χ4v) is 3.73. The standard InChI is InChI=1S/C16H12Cl2N2OS/c1-9(22-14-11(17)6-4-7-12(14)18)15-19-13-8-3-2-5-10(13)16(21)20-15/h2-9H,1H3,(H,19,20,21)/t9-/m1/s1. The number of nitrogens with zero attached hydrogens (tertiary/aromatic N) is 1. The summed E-state index contributed by atoms with van der Waals surface area (Å²) in [6.45, 7) is 1.96. The number of aromatic amines is 1. The quantitative estimate of drug-likeness (QED) is 0.669. The molecule has 0 fully saturated rings. The van der Waals surface area contributed by atoms with Crippen LogP contribution in [0.1, 0.15) is 18.0 Å². The zero-order chi connectivity index (χ0) is 15.7. The van der Waals surface area contributed by atoms with Gasteiger partial charge in [0.25, 0.3) is 5.56 Å². The van der Waals surface area contributed by atoms with Gasteiger partial charge in [-0.25, -0.2) is 4.98 Å².